The van der Waals surface area contributed by atoms with Crippen LogP contribution in [0.25, 0.3) is 28.2 Å². The minimum atomic E-state index is -4.76. The Morgan fingerprint density at radius 2 is 1.90 bits per heavy atom. The van der Waals surface area contributed by atoms with E-state index >= 15 is 0 Å². The molecule has 2 heterocycles. The first-order valence-corrected chi connectivity index (χ1v) is 13.0. The molecule has 3 N–H and O–H groups in total. The van der Waals surface area contributed by atoms with Crippen molar-refractivity contribution in [2.45, 2.75) is 45.5 Å². The maximum Gasteiger partial charge on any atom is 0.573 e. The summed E-state index contributed by atoms with van der Waals surface area (Å²) in [5.74, 6) is 1.08. The van der Waals surface area contributed by atoms with Crippen molar-refractivity contribution in [2.75, 3.05) is 6.61 Å². The number of hydrogen-bond donors (Lipinski definition) is 2. The average Bonchev–Trinajstić information content (AvgIpc) is 3.45. The lowest BCUT2D eigenvalue weighted by atomic mass is 9.90. The van der Waals surface area contributed by atoms with Crippen LogP contribution < -0.4 is 20.5 Å². The highest BCUT2D eigenvalue weighted by Gasteiger charge is 2.40. The molecule has 0 spiro atoms. The van der Waals surface area contributed by atoms with Gasteiger partial charge in [-0.3, -0.25) is 4.98 Å². The molecule has 0 amide bonds. The number of pyridine rings is 1. The molecule has 208 valence electrons. The van der Waals surface area contributed by atoms with E-state index in [9.17, 15) is 13.2 Å². The van der Waals surface area contributed by atoms with Crippen LogP contribution in [0, 0.1) is 13.8 Å². The number of alkyl halides is 3. The summed E-state index contributed by atoms with van der Waals surface area (Å²) in [7, 11) is 0. The number of aryl methyl sites for hydroxylation is 1. The van der Waals surface area contributed by atoms with Gasteiger partial charge < -0.3 is 20.5 Å². The van der Waals surface area contributed by atoms with Crippen molar-refractivity contribution >= 4 is 17.3 Å². The van der Waals surface area contributed by atoms with Gasteiger partial charge in [0.25, 0.3) is 0 Å². The first-order valence-electron chi connectivity index (χ1n) is 12.6. The van der Waals surface area contributed by atoms with Gasteiger partial charge in [0.05, 0.1) is 18.5 Å². The third-order valence-electron chi connectivity index (χ3n) is 6.71. The van der Waals surface area contributed by atoms with Gasteiger partial charge in [-0.15, -0.1) is 18.3 Å². The van der Waals surface area contributed by atoms with Gasteiger partial charge in [0, 0.05) is 34.3 Å². The van der Waals surface area contributed by atoms with E-state index in [1.807, 2.05) is 32.9 Å². The lowest BCUT2D eigenvalue weighted by Crippen LogP contribution is -2.31. The second kappa shape index (κ2) is 10.8. The van der Waals surface area contributed by atoms with E-state index in [2.05, 4.69) is 31.2 Å². The minimum absolute atomic E-state index is 0.146. The molecule has 1 aliphatic carbocycles. The number of thiocarbonyl (C=S) groups is 1. The SMILES string of the molecule is CCOc1cnc(C)c(-c2cc(-c3ncn(-c4ccc(OC(F)(F)F)cc4)n3)ccc2C2CC2NC(N)=S)c1C. The van der Waals surface area contributed by atoms with Gasteiger partial charge in [0.15, 0.2) is 10.9 Å². The Balaban J connectivity index is 1.52. The first kappa shape index (κ1) is 27.4. The number of ether oxygens (including phenoxy) is 2. The largest absolute Gasteiger partial charge is 0.573 e. The van der Waals surface area contributed by atoms with Gasteiger partial charge >= 0.3 is 6.36 Å². The van der Waals surface area contributed by atoms with Gasteiger partial charge in [0.2, 0.25) is 0 Å². The van der Waals surface area contributed by atoms with E-state index in [1.165, 1.54) is 35.3 Å². The normalized spacial score (nSPS) is 16.4. The van der Waals surface area contributed by atoms with Crippen LogP contribution in [0.3, 0.4) is 0 Å². The first-order chi connectivity index (χ1) is 19.0. The monoisotopic (exact) mass is 568 g/mol. The molecule has 40 heavy (non-hydrogen) atoms. The quantitative estimate of drug-likeness (QED) is 0.265. The van der Waals surface area contributed by atoms with Crippen molar-refractivity contribution in [3.05, 3.63) is 71.8 Å². The van der Waals surface area contributed by atoms with Gasteiger partial charge in [-0.1, -0.05) is 12.1 Å². The van der Waals surface area contributed by atoms with Crippen LogP contribution in [0.15, 0.2) is 55.0 Å². The summed E-state index contributed by atoms with van der Waals surface area (Å²) in [6.45, 7) is 6.43. The molecule has 2 aromatic heterocycles. The molecule has 2 aromatic carbocycles. The molecular formula is C28H27F3N6O2S. The average molecular weight is 569 g/mol. The zero-order valence-electron chi connectivity index (χ0n) is 22.0. The standard InChI is InChI=1S/C28H27F3N6O2S/c1-4-38-24-13-33-16(3)25(15(24)2)22-11-17(5-10-20(22)21-12-23(21)35-27(32)40)26-34-14-37(36-26)18-6-8-19(9-7-18)39-28(29,30)31/h5-11,13-14,21,23H,4,12H2,1-3H3,(H3,32,35,40). The van der Waals surface area contributed by atoms with Crippen LogP contribution in [0.1, 0.15) is 36.1 Å². The van der Waals surface area contributed by atoms with E-state index in [0.29, 0.717) is 23.9 Å². The Bertz CT molecular complexity index is 1550. The van der Waals surface area contributed by atoms with E-state index in [1.54, 1.807) is 6.20 Å². The fourth-order valence-corrected chi connectivity index (χ4v) is 5.00. The summed E-state index contributed by atoms with van der Waals surface area (Å²) in [5, 5.41) is 8.01. The Kier molecular flexibility index (Phi) is 7.37. The second-order valence-corrected chi connectivity index (χ2v) is 9.89. The summed E-state index contributed by atoms with van der Waals surface area (Å²) in [6, 6.07) is 11.6. The third kappa shape index (κ3) is 5.86. The summed E-state index contributed by atoms with van der Waals surface area (Å²) >= 11 is 5.05. The number of nitrogens with one attached hydrogen (secondary N) is 1. The van der Waals surface area contributed by atoms with Crippen LogP contribution in [0.2, 0.25) is 0 Å². The number of nitrogens with zero attached hydrogens (tertiary/aromatic N) is 4. The molecule has 0 radical (unpaired) electrons. The Morgan fingerprint density at radius 1 is 1.15 bits per heavy atom. The Hall–Kier alpha value is -4.19. The Morgan fingerprint density at radius 3 is 2.58 bits per heavy atom. The predicted molar refractivity (Wildman–Crippen MR) is 148 cm³/mol. The molecule has 4 aromatic rings. The fourth-order valence-electron chi connectivity index (χ4n) is 4.85. The number of aromatic nitrogens is 4. The van der Waals surface area contributed by atoms with E-state index in [0.717, 1.165) is 39.9 Å². The zero-order chi connectivity index (χ0) is 28.6. The number of halogens is 3. The molecular weight excluding hydrogens is 541 g/mol. The summed E-state index contributed by atoms with van der Waals surface area (Å²) in [6.07, 6.45) is -0.614. The molecule has 0 aliphatic heterocycles. The molecule has 1 saturated carbocycles. The zero-order valence-corrected chi connectivity index (χ0v) is 22.8. The highest BCUT2D eigenvalue weighted by Crippen LogP contribution is 2.47. The molecule has 12 heteroatoms. The lowest BCUT2D eigenvalue weighted by Gasteiger charge is -2.18. The number of benzene rings is 2. The minimum Gasteiger partial charge on any atom is -0.492 e. The maximum absolute atomic E-state index is 12.5. The molecule has 2 unspecified atom stereocenters. The molecule has 1 aliphatic rings. The Labute approximate surface area is 234 Å². The number of rotatable bonds is 8. The van der Waals surface area contributed by atoms with E-state index < -0.39 is 6.36 Å². The lowest BCUT2D eigenvalue weighted by molar-refractivity contribution is -0.274. The summed E-state index contributed by atoms with van der Waals surface area (Å²) in [4.78, 5) is 9.07. The third-order valence-corrected chi connectivity index (χ3v) is 6.82. The van der Waals surface area contributed by atoms with E-state index in [-0.39, 0.29) is 22.8 Å². The van der Waals surface area contributed by atoms with Crippen molar-refractivity contribution in [3.63, 3.8) is 0 Å². The van der Waals surface area contributed by atoms with Crippen molar-refractivity contribution in [1.82, 2.24) is 25.1 Å². The molecule has 1 fully saturated rings. The summed E-state index contributed by atoms with van der Waals surface area (Å²) < 4.78 is 48.8. The number of nitrogens with two attached hydrogens (primary N) is 1. The molecule has 0 saturated heterocycles. The topological polar surface area (TPSA) is 100 Å². The van der Waals surface area contributed by atoms with Crippen LogP contribution in [0.4, 0.5) is 13.2 Å². The van der Waals surface area contributed by atoms with E-state index in [4.69, 9.17) is 22.7 Å². The fraction of sp³-hybridized carbons (Fsp3) is 0.286. The van der Waals surface area contributed by atoms with Gasteiger partial charge in [-0.05, 0) is 80.9 Å². The highest BCUT2D eigenvalue weighted by atomic mass is 32.1. The molecule has 2 atom stereocenters. The van der Waals surface area contributed by atoms with Crippen molar-refractivity contribution < 1.29 is 22.6 Å². The van der Waals surface area contributed by atoms with Crippen LogP contribution >= 0.6 is 12.2 Å². The highest BCUT2D eigenvalue weighted by molar-refractivity contribution is 7.80. The van der Waals surface area contributed by atoms with Gasteiger partial charge in [-0.2, -0.15) is 0 Å². The maximum atomic E-state index is 12.5. The molecule has 5 rings (SSSR count). The van der Waals surface area contributed by atoms with Gasteiger partial charge in [0.1, 0.15) is 17.8 Å². The second-order valence-electron chi connectivity index (χ2n) is 9.45. The molecule has 0 bridgehead atoms. The van der Waals surface area contributed by atoms with Crippen molar-refractivity contribution in [1.29, 1.82) is 0 Å². The summed E-state index contributed by atoms with van der Waals surface area (Å²) in [5.41, 5.74) is 12.0. The molecule has 8 nitrogen and oxygen atoms in total. The number of hydrogen-bond acceptors (Lipinski definition) is 6. The predicted octanol–water partition coefficient (Wildman–Crippen LogP) is 5.60. The van der Waals surface area contributed by atoms with Crippen LogP contribution in [-0.2, 0) is 0 Å². The van der Waals surface area contributed by atoms with Crippen LogP contribution in [-0.4, -0.2) is 43.9 Å². The van der Waals surface area contributed by atoms with Crippen molar-refractivity contribution in [2.24, 2.45) is 5.73 Å². The van der Waals surface area contributed by atoms with Crippen LogP contribution in [0.5, 0.6) is 11.5 Å². The smallest absolute Gasteiger partial charge is 0.492 e. The van der Waals surface area contributed by atoms with Gasteiger partial charge in [-0.25, -0.2) is 9.67 Å². The van der Waals surface area contributed by atoms with Crippen molar-refractivity contribution in [3.8, 4) is 39.7 Å².